The Labute approximate surface area is 79.7 Å². The van der Waals surface area contributed by atoms with Crippen LogP contribution in [-0.2, 0) is 9.53 Å². The Bertz CT molecular complexity index is 177. The van der Waals surface area contributed by atoms with Crippen molar-refractivity contribution in [1.29, 1.82) is 0 Å². The van der Waals surface area contributed by atoms with Gasteiger partial charge in [0.15, 0.2) is 0 Å². The Morgan fingerprint density at radius 3 is 2.69 bits per heavy atom. The Morgan fingerprint density at radius 2 is 2.00 bits per heavy atom. The first-order valence-electron chi connectivity index (χ1n) is 5.44. The van der Waals surface area contributed by atoms with Gasteiger partial charge >= 0.3 is 0 Å². The minimum atomic E-state index is 0.0993. The number of carbonyl (C=O) groups is 1. The Balaban J connectivity index is 1.99. The predicted octanol–water partition coefficient (Wildman–Crippen LogP) is 2.31. The van der Waals surface area contributed by atoms with Gasteiger partial charge in [0.25, 0.3) is 0 Å². The molecule has 0 aromatic heterocycles. The Morgan fingerprint density at radius 1 is 1.23 bits per heavy atom. The SMILES string of the molecule is O=CC1CCOC2(CCCCC2)C1. The maximum Gasteiger partial charge on any atom is 0.123 e. The summed E-state index contributed by atoms with van der Waals surface area (Å²) < 4.78 is 5.88. The second kappa shape index (κ2) is 3.79. The number of rotatable bonds is 1. The fourth-order valence-corrected chi connectivity index (χ4v) is 2.73. The predicted molar refractivity (Wildman–Crippen MR) is 50.6 cm³/mol. The summed E-state index contributed by atoms with van der Waals surface area (Å²) >= 11 is 0. The fourth-order valence-electron chi connectivity index (χ4n) is 2.73. The van der Waals surface area contributed by atoms with Crippen LogP contribution in [0.2, 0.25) is 0 Å². The molecule has 1 saturated carbocycles. The standard InChI is InChI=1S/C11H18O2/c12-9-10-4-7-13-11(8-10)5-2-1-3-6-11/h9-10H,1-8H2. The van der Waals surface area contributed by atoms with Crippen molar-refractivity contribution in [2.75, 3.05) is 6.61 Å². The lowest BCUT2D eigenvalue weighted by Crippen LogP contribution is -2.41. The summed E-state index contributed by atoms with van der Waals surface area (Å²) in [6.45, 7) is 0.795. The van der Waals surface area contributed by atoms with Crippen molar-refractivity contribution in [3.05, 3.63) is 0 Å². The highest BCUT2D eigenvalue weighted by Gasteiger charge is 2.38. The molecule has 0 aromatic carbocycles. The summed E-state index contributed by atoms with van der Waals surface area (Å²) in [6, 6.07) is 0. The molecule has 1 spiro atoms. The molecule has 1 atom stereocenters. The first-order chi connectivity index (χ1) is 6.35. The second-order valence-corrected chi connectivity index (χ2v) is 4.48. The molecule has 0 aromatic rings. The molecule has 2 nitrogen and oxygen atoms in total. The monoisotopic (exact) mass is 182 g/mol. The maximum atomic E-state index is 10.7. The molecule has 2 fully saturated rings. The van der Waals surface area contributed by atoms with E-state index in [1.165, 1.54) is 32.1 Å². The number of ether oxygens (including phenoxy) is 1. The van der Waals surface area contributed by atoms with E-state index in [9.17, 15) is 4.79 Å². The third kappa shape index (κ3) is 1.93. The van der Waals surface area contributed by atoms with E-state index >= 15 is 0 Å². The van der Waals surface area contributed by atoms with Crippen molar-refractivity contribution in [1.82, 2.24) is 0 Å². The molecule has 2 rings (SSSR count). The molecule has 74 valence electrons. The lowest BCUT2D eigenvalue weighted by atomic mass is 9.76. The van der Waals surface area contributed by atoms with Gasteiger partial charge in [-0.05, 0) is 25.7 Å². The molecule has 0 amide bonds. The highest BCUT2D eigenvalue weighted by molar-refractivity contribution is 5.53. The molecule has 13 heavy (non-hydrogen) atoms. The van der Waals surface area contributed by atoms with E-state index in [1.54, 1.807) is 0 Å². The summed E-state index contributed by atoms with van der Waals surface area (Å²) in [4.78, 5) is 10.7. The van der Waals surface area contributed by atoms with Crippen LogP contribution in [0.1, 0.15) is 44.9 Å². The average molecular weight is 182 g/mol. The zero-order valence-electron chi connectivity index (χ0n) is 8.13. The van der Waals surface area contributed by atoms with Gasteiger partial charge in [0.05, 0.1) is 5.60 Å². The van der Waals surface area contributed by atoms with Gasteiger partial charge in [-0.2, -0.15) is 0 Å². The largest absolute Gasteiger partial charge is 0.375 e. The minimum absolute atomic E-state index is 0.0993. The van der Waals surface area contributed by atoms with Gasteiger partial charge in [0, 0.05) is 12.5 Å². The third-order valence-electron chi connectivity index (χ3n) is 3.49. The molecule has 1 aliphatic heterocycles. The van der Waals surface area contributed by atoms with Crippen molar-refractivity contribution < 1.29 is 9.53 Å². The molecule has 0 radical (unpaired) electrons. The lowest BCUT2D eigenvalue weighted by molar-refractivity contribution is -0.133. The molecule has 2 aliphatic rings. The zero-order valence-corrected chi connectivity index (χ0v) is 8.13. The molecule has 1 saturated heterocycles. The summed E-state index contributed by atoms with van der Waals surface area (Å²) in [5, 5.41) is 0. The second-order valence-electron chi connectivity index (χ2n) is 4.48. The van der Waals surface area contributed by atoms with Crippen LogP contribution >= 0.6 is 0 Å². The van der Waals surface area contributed by atoms with Gasteiger partial charge in [-0.25, -0.2) is 0 Å². The molecule has 1 heterocycles. The third-order valence-corrected chi connectivity index (χ3v) is 3.49. The number of aldehydes is 1. The van der Waals surface area contributed by atoms with E-state index in [1.807, 2.05) is 0 Å². The number of hydrogen-bond acceptors (Lipinski definition) is 2. The normalized spacial score (nSPS) is 33.1. The molecular weight excluding hydrogens is 164 g/mol. The molecule has 0 bridgehead atoms. The highest BCUT2D eigenvalue weighted by Crippen LogP contribution is 2.39. The van der Waals surface area contributed by atoms with E-state index in [2.05, 4.69) is 0 Å². The highest BCUT2D eigenvalue weighted by atomic mass is 16.5. The number of carbonyl (C=O) groups excluding carboxylic acids is 1. The summed E-state index contributed by atoms with van der Waals surface area (Å²) in [5.74, 6) is 0.270. The van der Waals surface area contributed by atoms with Crippen molar-refractivity contribution in [3.8, 4) is 0 Å². The molecule has 1 aliphatic carbocycles. The van der Waals surface area contributed by atoms with Crippen LogP contribution in [0.5, 0.6) is 0 Å². The van der Waals surface area contributed by atoms with E-state index in [0.29, 0.717) is 0 Å². The van der Waals surface area contributed by atoms with E-state index in [4.69, 9.17) is 4.74 Å². The Kier molecular flexibility index (Phi) is 2.68. The fraction of sp³-hybridized carbons (Fsp3) is 0.909. The van der Waals surface area contributed by atoms with Crippen LogP contribution in [0.25, 0.3) is 0 Å². The van der Waals surface area contributed by atoms with Crippen LogP contribution in [0, 0.1) is 5.92 Å². The topological polar surface area (TPSA) is 26.3 Å². The molecule has 0 N–H and O–H groups in total. The van der Waals surface area contributed by atoms with Gasteiger partial charge < -0.3 is 9.53 Å². The van der Waals surface area contributed by atoms with Crippen LogP contribution < -0.4 is 0 Å². The van der Waals surface area contributed by atoms with E-state index in [0.717, 1.165) is 25.7 Å². The zero-order chi connectivity index (χ0) is 9.15. The average Bonchev–Trinajstić information content (AvgIpc) is 2.19. The van der Waals surface area contributed by atoms with Gasteiger partial charge in [0.2, 0.25) is 0 Å². The van der Waals surface area contributed by atoms with Crippen LogP contribution in [0.15, 0.2) is 0 Å². The van der Waals surface area contributed by atoms with Gasteiger partial charge in [-0.1, -0.05) is 19.3 Å². The van der Waals surface area contributed by atoms with Gasteiger partial charge in [-0.3, -0.25) is 0 Å². The number of hydrogen-bond donors (Lipinski definition) is 0. The first-order valence-corrected chi connectivity index (χ1v) is 5.44. The summed E-state index contributed by atoms with van der Waals surface area (Å²) in [5.41, 5.74) is 0.0993. The maximum absolute atomic E-state index is 10.7. The summed E-state index contributed by atoms with van der Waals surface area (Å²) in [6.07, 6.45) is 9.31. The lowest BCUT2D eigenvalue weighted by Gasteiger charge is -2.42. The van der Waals surface area contributed by atoms with E-state index < -0.39 is 0 Å². The van der Waals surface area contributed by atoms with E-state index in [-0.39, 0.29) is 11.5 Å². The van der Waals surface area contributed by atoms with Crippen molar-refractivity contribution >= 4 is 6.29 Å². The van der Waals surface area contributed by atoms with Crippen molar-refractivity contribution in [2.24, 2.45) is 5.92 Å². The summed E-state index contributed by atoms with van der Waals surface area (Å²) in [7, 11) is 0. The quantitative estimate of drug-likeness (QED) is 0.582. The molecule has 2 heteroatoms. The van der Waals surface area contributed by atoms with Crippen LogP contribution in [0.3, 0.4) is 0 Å². The van der Waals surface area contributed by atoms with Crippen molar-refractivity contribution in [3.63, 3.8) is 0 Å². The minimum Gasteiger partial charge on any atom is -0.375 e. The molecular formula is C11H18O2. The van der Waals surface area contributed by atoms with Gasteiger partial charge in [0.1, 0.15) is 6.29 Å². The van der Waals surface area contributed by atoms with Crippen molar-refractivity contribution in [2.45, 2.75) is 50.5 Å². The molecule has 1 unspecified atom stereocenters. The van der Waals surface area contributed by atoms with Crippen LogP contribution in [-0.4, -0.2) is 18.5 Å². The smallest absolute Gasteiger partial charge is 0.123 e. The van der Waals surface area contributed by atoms with Gasteiger partial charge in [-0.15, -0.1) is 0 Å². The first kappa shape index (κ1) is 9.20. The Hall–Kier alpha value is -0.370. The van der Waals surface area contributed by atoms with Crippen LogP contribution in [0.4, 0.5) is 0 Å².